The van der Waals surface area contributed by atoms with E-state index in [-0.39, 0.29) is 10.8 Å². The Balaban J connectivity index is 1.85. The highest BCUT2D eigenvalue weighted by Crippen LogP contribution is 2.32. The number of carbonyl (C=O) groups is 1. The molecule has 0 saturated carbocycles. The van der Waals surface area contributed by atoms with E-state index in [9.17, 15) is 13.2 Å². The summed E-state index contributed by atoms with van der Waals surface area (Å²) in [6.07, 6.45) is 4.40. The van der Waals surface area contributed by atoms with E-state index in [0.29, 0.717) is 16.5 Å². The monoisotopic (exact) mass is 363 g/mol. The summed E-state index contributed by atoms with van der Waals surface area (Å²) >= 11 is 1.55. The first-order valence-corrected chi connectivity index (χ1v) is 10.7. The molecule has 0 aliphatic heterocycles. The summed E-state index contributed by atoms with van der Waals surface area (Å²) in [5.41, 5.74) is 2.67. The molecule has 1 unspecified atom stereocenters. The maximum atomic E-state index is 12.6. The number of carbonyl (C=O) groups excluding carboxylic acids is 1. The standard InChI is InChI=1S/C18H21NO3S2/c1-11-4-7-16-13(8-11)9-17(23-16)18(20)19-15-10-14(24(3,21)22)6-5-12(15)2/h5-6,9-11H,4,7-8H2,1-3H3,(H,19,20). The molecule has 4 nitrogen and oxygen atoms in total. The Morgan fingerprint density at radius 3 is 2.75 bits per heavy atom. The fourth-order valence-electron chi connectivity index (χ4n) is 2.97. The Hall–Kier alpha value is -1.66. The Morgan fingerprint density at radius 2 is 2.04 bits per heavy atom. The van der Waals surface area contributed by atoms with E-state index in [1.54, 1.807) is 23.5 Å². The second kappa shape index (κ2) is 6.33. The molecule has 0 radical (unpaired) electrons. The normalized spacial score (nSPS) is 17.4. The van der Waals surface area contributed by atoms with Gasteiger partial charge in [-0.1, -0.05) is 13.0 Å². The van der Waals surface area contributed by atoms with Crippen LogP contribution >= 0.6 is 11.3 Å². The summed E-state index contributed by atoms with van der Waals surface area (Å²) < 4.78 is 23.4. The largest absolute Gasteiger partial charge is 0.321 e. The lowest BCUT2D eigenvalue weighted by Gasteiger charge is -2.16. The van der Waals surface area contributed by atoms with Crippen LogP contribution in [0.1, 0.15) is 39.0 Å². The lowest BCUT2D eigenvalue weighted by Crippen LogP contribution is -2.12. The van der Waals surface area contributed by atoms with Crippen molar-refractivity contribution in [2.75, 3.05) is 11.6 Å². The number of hydrogen-bond acceptors (Lipinski definition) is 4. The maximum absolute atomic E-state index is 12.6. The SMILES string of the molecule is Cc1ccc(S(C)(=O)=O)cc1NC(=O)c1cc2c(s1)CCC(C)C2. The Labute approximate surface area is 146 Å². The molecule has 1 aliphatic rings. The van der Waals surface area contributed by atoms with Crippen molar-refractivity contribution in [3.63, 3.8) is 0 Å². The van der Waals surface area contributed by atoms with E-state index in [1.165, 1.54) is 22.9 Å². The lowest BCUT2D eigenvalue weighted by atomic mass is 9.90. The molecule has 1 N–H and O–H groups in total. The van der Waals surface area contributed by atoms with Crippen molar-refractivity contribution < 1.29 is 13.2 Å². The molecule has 0 bridgehead atoms. The maximum Gasteiger partial charge on any atom is 0.265 e. The van der Waals surface area contributed by atoms with Crippen LogP contribution in [0.25, 0.3) is 0 Å². The zero-order valence-electron chi connectivity index (χ0n) is 14.0. The number of benzene rings is 1. The molecule has 0 spiro atoms. The van der Waals surface area contributed by atoms with Gasteiger partial charge >= 0.3 is 0 Å². The van der Waals surface area contributed by atoms with Crippen LogP contribution in [-0.4, -0.2) is 20.6 Å². The van der Waals surface area contributed by atoms with Gasteiger partial charge in [-0.3, -0.25) is 4.79 Å². The lowest BCUT2D eigenvalue weighted by molar-refractivity contribution is 0.103. The number of anilines is 1. The number of aryl methyl sites for hydroxylation is 2. The van der Waals surface area contributed by atoms with Crippen molar-refractivity contribution >= 4 is 32.8 Å². The summed E-state index contributed by atoms with van der Waals surface area (Å²) in [5, 5.41) is 2.87. The zero-order chi connectivity index (χ0) is 17.5. The number of nitrogens with one attached hydrogen (secondary N) is 1. The summed E-state index contributed by atoms with van der Waals surface area (Å²) in [5.74, 6) is 0.493. The molecule has 1 heterocycles. The molecule has 1 amide bonds. The van der Waals surface area contributed by atoms with Gasteiger partial charge in [0.1, 0.15) is 0 Å². The minimum atomic E-state index is -3.30. The van der Waals surface area contributed by atoms with E-state index < -0.39 is 9.84 Å². The van der Waals surface area contributed by atoms with Gasteiger partial charge in [0.05, 0.1) is 9.77 Å². The van der Waals surface area contributed by atoms with Crippen LogP contribution in [0.5, 0.6) is 0 Å². The van der Waals surface area contributed by atoms with Crippen molar-refractivity contribution in [2.24, 2.45) is 5.92 Å². The van der Waals surface area contributed by atoms with Gasteiger partial charge in [-0.2, -0.15) is 0 Å². The third-order valence-electron chi connectivity index (χ3n) is 4.44. The molecule has 128 valence electrons. The topological polar surface area (TPSA) is 63.2 Å². The Kier molecular flexibility index (Phi) is 4.53. The molecule has 0 saturated heterocycles. The van der Waals surface area contributed by atoms with Crippen LogP contribution in [0, 0.1) is 12.8 Å². The third-order valence-corrected chi connectivity index (χ3v) is 6.78. The molecular weight excluding hydrogens is 342 g/mol. The van der Waals surface area contributed by atoms with Crippen LogP contribution in [0.2, 0.25) is 0 Å². The highest BCUT2D eigenvalue weighted by atomic mass is 32.2. The van der Waals surface area contributed by atoms with E-state index in [1.807, 2.05) is 13.0 Å². The van der Waals surface area contributed by atoms with Crippen LogP contribution in [-0.2, 0) is 22.7 Å². The molecule has 1 atom stereocenters. The van der Waals surface area contributed by atoms with Gasteiger partial charge in [-0.15, -0.1) is 11.3 Å². The highest BCUT2D eigenvalue weighted by Gasteiger charge is 2.21. The van der Waals surface area contributed by atoms with Crippen molar-refractivity contribution in [1.29, 1.82) is 0 Å². The van der Waals surface area contributed by atoms with Crippen molar-refractivity contribution in [3.8, 4) is 0 Å². The predicted molar refractivity (Wildman–Crippen MR) is 97.8 cm³/mol. The number of amides is 1. The Morgan fingerprint density at radius 1 is 1.29 bits per heavy atom. The summed E-state index contributed by atoms with van der Waals surface area (Å²) in [7, 11) is -3.30. The first-order chi connectivity index (χ1) is 11.2. The van der Waals surface area contributed by atoms with Gasteiger partial charge < -0.3 is 5.32 Å². The second-order valence-electron chi connectivity index (χ2n) is 6.61. The highest BCUT2D eigenvalue weighted by molar-refractivity contribution is 7.90. The summed E-state index contributed by atoms with van der Waals surface area (Å²) in [4.78, 5) is 14.8. The van der Waals surface area contributed by atoms with Gasteiger partial charge in [0, 0.05) is 16.8 Å². The van der Waals surface area contributed by atoms with E-state index in [0.717, 1.165) is 24.7 Å². The van der Waals surface area contributed by atoms with E-state index in [4.69, 9.17) is 0 Å². The van der Waals surface area contributed by atoms with Crippen LogP contribution in [0.15, 0.2) is 29.2 Å². The molecule has 1 aromatic heterocycles. The minimum Gasteiger partial charge on any atom is -0.321 e. The molecule has 2 aromatic rings. The summed E-state index contributed by atoms with van der Waals surface area (Å²) in [6.45, 7) is 4.09. The fraction of sp³-hybridized carbons (Fsp3) is 0.389. The van der Waals surface area contributed by atoms with Gasteiger partial charge in [0.2, 0.25) is 0 Å². The van der Waals surface area contributed by atoms with Gasteiger partial charge in [-0.25, -0.2) is 8.42 Å². The number of hydrogen-bond donors (Lipinski definition) is 1. The second-order valence-corrected chi connectivity index (χ2v) is 9.76. The first kappa shape index (κ1) is 17.2. The van der Waals surface area contributed by atoms with E-state index >= 15 is 0 Å². The smallest absolute Gasteiger partial charge is 0.265 e. The molecule has 1 aromatic carbocycles. The number of thiophene rings is 1. The number of rotatable bonds is 3. The molecule has 6 heteroatoms. The number of fused-ring (bicyclic) bond motifs is 1. The first-order valence-electron chi connectivity index (χ1n) is 7.97. The molecule has 1 aliphatic carbocycles. The average Bonchev–Trinajstić information content (AvgIpc) is 2.91. The van der Waals surface area contributed by atoms with Crippen LogP contribution < -0.4 is 5.32 Å². The van der Waals surface area contributed by atoms with Gasteiger partial charge in [-0.05, 0) is 61.4 Å². The summed E-state index contributed by atoms with van der Waals surface area (Å²) in [6, 6.07) is 6.79. The minimum absolute atomic E-state index is 0.171. The quantitative estimate of drug-likeness (QED) is 0.901. The van der Waals surface area contributed by atoms with Crippen molar-refractivity contribution in [1.82, 2.24) is 0 Å². The fourth-order valence-corrected chi connectivity index (χ4v) is 4.72. The van der Waals surface area contributed by atoms with Crippen LogP contribution in [0.3, 0.4) is 0 Å². The van der Waals surface area contributed by atoms with Crippen molar-refractivity contribution in [2.45, 2.75) is 38.0 Å². The van der Waals surface area contributed by atoms with Crippen molar-refractivity contribution in [3.05, 3.63) is 45.1 Å². The predicted octanol–water partition coefficient (Wildman–Crippen LogP) is 3.84. The molecule has 24 heavy (non-hydrogen) atoms. The van der Waals surface area contributed by atoms with Gasteiger partial charge in [0.15, 0.2) is 9.84 Å². The average molecular weight is 364 g/mol. The Bertz CT molecular complexity index is 897. The molecule has 0 fully saturated rings. The third kappa shape index (κ3) is 3.54. The zero-order valence-corrected chi connectivity index (χ0v) is 15.7. The molecule has 3 rings (SSSR count). The van der Waals surface area contributed by atoms with Gasteiger partial charge in [0.25, 0.3) is 5.91 Å². The van der Waals surface area contributed by atoms with Crippen LogP contribution in [0.4, 0.5) is 5.69 Å². The van der Waals surface area contributed by atoms with E-state index in [2.05, 4.69) is 12.2 Å². The number of sulfone groups is 1. The molecular formula is C18H21NO3S2.